The molecule has 1 aromatic carbocycles. The Labute approximate surface area is 188 Å². The molecule has 0 spiro atoms. The van der Waals surface area contributed by atoms with E-state index in [4.69, 9.17) is 5.73 Å². The van der Waals surface area contributed by atoms with Crippen molar-refractivity contribution in [2.45, 2.75) is 12.6 Å². The van der Waals surface area contributed by atoms with Crippen molar-refractivity contribution in [2.75, 3.05) is 5.32 Å². The number of carbonyl (C=O) groups is 1. The summed E-state index contributed by atoms with van der Waals surface area (Å²) in [5.74, 6) is -2.39. The van der Waals surface area contributed by atoms with E-state index >= 15 is 0 Å². The number of fused-ring (bicyclic) bond motifs is 1. The highest BCUT2D eigenvalue weighted by Crippen LogP contribution is 2.35. The van der Waals surface area contributed by atoms with Crippen LogP contribution in [0, 0.1) is 5.82 Å². The second-order valence-electron chi connectivity index (χ2n) is 7.26. The van der Waals surface area contributed by atoms with E-state index in [1.807, 2.05) is 0 Å². The Morgan fingerprint density at radius 1 is 1.06 bits per heavy atom. The molecule has 6 nitrogen and oxygen atoms in total. The van der Waals surface area contributed by atoms with Gasteiger partial charge in [-0.05, 0) is 55.0 Å². The van der Waals surface area contributed by atoms with Gasteiger partial charge in [0.05, 0.1) is 10.9 Å². The van der Waals surface area contributed by atoms with Crippen LogP contribution in [0.3, 0.4) is 0 Å². The topological polar surface area (TPSA) is 90.0 Å². The lowest BCUT2D eigenvalue weighted by atomic mass is 10.1. The molecule has 11 heteroatoms. The first-order valence-corrected chi connectivity index (χ1v) is 9.79. The van der Waals surface area contributed by atoms with Crippen molar-refractivity contribution in [3.05, 3.63) is 99.5 Å². The highest BCUT2D eigenvalue weighted by molar-refractivity contribution is 5.95. The van der Waals surface area contributed by atoms with Gasteiger partial charge in [-0.1, -0.05) is 6.08 Å². The van der Waals surface area contributed by atoms with Crippen LogP contribution < -0.4 is 16.5 Å². The van der Waals surface area contributed by atoms with Crippen LogP contribution in [0.2, 0.25) is 0 Å². The van der Waals surface area contributed by atoms with Crippen LogP contribution in [0.15, 0.2) is 77.0 Å². The molecule has 1 aliphatic rings. The summed E-state index contributed by atoms with van der Waals surface area (Å²) in [7, 11) is 0. The highest BCUT2D eigenvalue weighted by atomic mass is 19.4. The Kier molecular flexibility index (Phi) is 5.78. The van der Waals surface area contributed by atoms with Crippen molar-refractivity contribution in [1.82, 2.24) is 9.55 Å². The van der Waals surface area contributed by atoms with Crippen LogP contribution in [0.4, 0.5) is 27.8 Å². The first-order chi connectivity index (χ1) is 16.0. The normalized spacial score (nSPS) is 13.9. The van der Waals surface area contributed by atoms with E-state index in [0.29, 0.717) is 11.8 Å². The smallest absolute Gasteiger partial charge is 0.364 e. The Hall–Kier alpha value is -4.28. The number of carbonyl (C=O) groups excluding carboxylic acids is 1. The second kappa shape index (κ2) is 8.58. The van der Waals surface area contributed by atoms with Gasteiger partial charge in [0.2, 0.25) is 0 Å². The van der Waals surface area contributed by atoms with E-state index < -0.39 is 51.4 Å². The molecule has 174 valence electrons. The number of benzene rings is 1. The van der Waals surface area contributed by atoms with Gasteiger partial charge < -0.3 is 11.1 Å². The van der Waals surface area contributed by atoms with Crippen molar-refractivity contribution >= 4 is 22.8 Å². The predicted molar refractivity (Wildman–Crippen MR) is 115 cm³/mol. The molecule has 1 aliphatic carbocycles. The molecule has 0 bridgehead atoms. The van der Waals surface area contributed by atoms with Crippen molar-refractivity contribution < 1.29 is 26.7 Å². The summed E-state index contributed by atoms with van der Waals surface area (Å²) >= 11 is 0. The largest absolute Gasteiger partial charge is 0.417 e. The molecule has 4 rings (SSSR count). The lowest BCUT2D eigenvalue weighted by Gasteiger charge is -2.20. The summed E-state index contributed by atoms with van der Waals surface area (Å²) in [6.45, 7) is 0. The molecule has 0 saturated heterocycles. The van der Waals surface area contributed by atoms with Gasteiger partial charge in [0.1, 0.15) is 23.2 Å². The van der Waals surface area contributed by atoms with Gasteiger partial charge in [-0.3, -0.25) is 14.2 Å². The van der Waals surface area contributed by atoms with E-state index in [-0.39, 0.29) is 17.9 Å². The number of pyridine rings is 2. The molecule has 3 N–H and O–H groups in total. The molecule has 1 amide bonds. The van der Waals surface area contributed by atoms with Crippen molar-refractivity contribution in [2.24, 2.45) is 5.73 Å². The summed E-state index contributed by atoms with van der Waals surface area (Å²) in [4.78, 5) is 28.6. The number of nitrogens with two attached hydrogens (primary N) is 1. The molecule has 0 saturated carbocycles. The predicted octanol–water partition coefficient (Wildman–Crippen LogP) is 4.75. The van der Waals surface area contributed by atoms with Gasteiger partial charge in [0, 0.05) is 17.5 Å². The van der Waals surface area contributed by atoms with Gasteiger partial charge in [-0.25, -0.2) is 13.8 Å². The minimum atomic E-state index is -5.00. The van der Waals surface area contributed by atoms with E-state index in [9.17, 15) is 31.5 Å². The van der Waals surface area contributed by atoms with Crippen molar-refractivity contribution in [3.63, 3.8) is 0 Å². The molecule has 2 heterocycles. The number of alkyl halides is 3. The van der Waals surface area contributed by atoms with Crippen molar-refractivity contribution in [1.29, 1.82) is 0 Å². The summed E-state index contributed by atoms with van der Waals surface area (Å²) in [5.41, 5.74) is 2.01. The third-order valence-corrected chi connectivity index (χ3v) is 4.96. The van der Waals surface area contributed by atoms with Gasteiger partial charge in [-0.15, -0.1) is 0 Å². The molecule has 0 fully saturated rings. The van der Waals surface area contributed by atoms with E-state index in [2.05, 4.69) is 10.3 Å². The number of allylic oxidation sites excluding steroid dienone is 5. The number of nitrogens with one attached hydrogen (secondary N) is 1. The standard InChI is InChI=1S/C23H15F5N4O2/c24-12-2-1-3-14(7-4-12)30-19-11-18(33)20-16(23(26,27)28)10-17(21(29)34)31-22(20)32(19)15-8-5-13(25)6-9-15/h2-11,30H,1H2,(H2,29,34). The molecule has 34 heavy (non-hydrogen) atoms. The summed E-state index contributed by atoms with van der Waals surface area (Å²) in [6, 6.07) is 5.98. The third-order valence-electron chi connectivity index (χ3n) is 4.96. The highest BCUT2D eigenvalue weighted by Gasteiger charge is 2.36. The Balaban J connectivity index is 2.08. The number of hydrogen-bond donors (Lipinski definition) is 2. The number of aromatic nitrogens is 2. The van der Waals surface area contributed by atoms with Crippen LogP contribution in [0.1, 0.15) is 22.5 Å². The fourth-order valence-electron chi connectivity index (χ4n) is 3.45. The average molecular weight is 474 g/mol. The fourth-order valence-corrected chi connectivity index (χ4v) is 3.45. The van der Waals surface area contributed by atoms with Crippen LogP contribution in [0.25, 0.3) is 16.7 Å². The number of rotatable bonds is 4. The Bertz CT molecular complexity index is 1450. The molecule has 0 unspecified atom stereocenters. The van der Waals surface area contributed by atoms with Gasteiger partial charge in [0.15, 0.2) is 11.1 Å². The molecule has 0 radical (unpaired) electrons. The quantitative estimate of drug-likeness (QED) is 0.534. The minimum Gasteiger partial charge on any atom is -0.364 e. The Morgan fingerprint density at radius 2 is 1.76 bits per heavy atom. The number of primary amides is 1. The number of anilines is 1. The number of hydrogen-bond acceptors (Lipinski definition) is 4. The van der Waals surface area contributed by atoms with Crippen LogP contribution >= 0.6 is 0 Å². The second-order valence-corrected chi connectivity index (χ2v) is 7.26. The molecule has 0 aliphatic heterocycles. The SMILES string of the molecule is NC(=O)c1cc(C(F)(F)F)c2c(=O)cc(NC3=CCC=C(F)C=C3)n(-c3ccc(F)cc3)c2n1. The van der Waals surface area contributed by atoms with E-state index in [0.717, 1.165) is 22.8 Å². The summed E-state index contributed by atoms with van der Waals surface area (Å²) < 4.78 is 69.7. The van der Waals surface area contributed by atoms with Gasteiger partial charge in [0.25, 0.3) is 5.91 Å². The third kappa shape index (κ3) is 4.45. The molecular formula is C23H15F5N4O2. The maximum absolute atomic E-state index is 13.8. The van der Waals surface area contributed by atoms with Gasteiger partial charge >= 0.3 is 6.18 Å². The Morgan fingerprint density at radius 3 is 2.41 bits per heavy atom. The zero-order valence-electron chi connectivity index (χ0n) is 17.2. The average Bonchev–Trinajstić information content (AvgIpc) is 2.97. The zero-order valence-corrected chi connectivity index (χ0v) is 17.2. The molecule has 2 aromatic heterocycles. The van der Waals surface area contributed by atoms with Crippen molar-refractivity contribution in [3.8, 4) is 5.69 Å². The maximum Gasteiger partial charge on any atom is 0.417 e. The van der Waals surface area contributed by atoms with Crippen LogP contribution in [-0.4, -0.2) is 15.5 Å². The minimum absolute atomic E-state index is 0.0513. The number of nitrogens with zero attached hydrogens (tertiary/aromatic N) is 2. The van der Waals surface area contributed by atoms with Crippen LogP contribution in [0.5, 0.6) is 0 Å². The number of halogens is 5. The number of amides is 1. The maximum atomic E-state index is 13.8. The summed E-state index contributed by atoms with van der Waals surface area (Å²) in [5, 5.41) is 2.07. The first kappa shape index (κ1) is 22.9. The lowest BCUT2D eigenvalue weighted by molar-refractivity contribution is -0.136. The zero-order chi connectivity index (χ0) is 24.6. The van der Waals surface area contributed by atoms with Crippen LogP contribution in [-0.2, 0) is 6.18 Å². The first-order valence-electron chi connectivity index (χ1n) is 9.79. The fraction of sp³-hybridized carbons (Fsp3) is 0.0870. The molecule has 3 aromatic rings. The molecular weight excluding hydrogens is 459 g/mol. The lowest BCUT2D eigenvalue weighted by Crippen LogP contribution is -2.22. The van der Waals surface area contributed by atoms with Gasteiger partial charge in [-0.2, -0.15) is 13.2 Å². The van der Waals surface area contributed by atoms with E-state index in [1.165, 1.54) is 30.4 Å². The summed E-state index contributed by atoms with van der Waals surface area (Å²) in [6.07, 6.45) is 0.624. The monoisotopic (exact) mass is 474 g/mol. The molecule has 0 atom stereocenters. The van der Waals surface area contributed by atoms with E-state index in [1.54, 1.807) is 6.08 Å².